The van der Waals surface area contributed by atoms with Crippen LogP contribution in [0, 0.1) is 6.92 Å². The zero-order valence-electron chi connectivity index (χ0n) is 10.8. The molecule has 2 aromatic rings. The van der Waals surface area contributed by atoms with Crippen molar-refractivity contribution in [2.45, 2.75) is 19.8 Å². The molecule has 20 heavy (non-hydrogen) atoms. The molecule has 2 N–H and O–H groups in total. The van der Waals surface area contributed by atoms with Crippen LogP contribution in [0.3, 0.4) is 0 Å². The molecule has 0 aliphatic heterocycles. The monoisotopic (exact) mass is 275 g/mol. The van der Waals surface area contributed by atoms with E-state index in [1.165, 1.54) is 24.3 Å². The number of rotatable bonds is 5. The van der Waals surface area contributed by atoms with E-state index in [1.54, 1.807) is 6.92 Å². The quantitative estimate of drug-likeness (QED) is 0.859. The molecule has 0 saturated carbocycles. The van der Waals surface area contributed by atoms with Gasteiger partial charge in [0.1, 0.15) is 0 Å². The fourth-order valence-corrected chi connectivity index (χ4v) is 1.58. The van der Waals surface area contributed by atoms with Gasteiger partial charge >= 0.3 is 5.97 Å². The molecule has 0 aliphatic carbocycles. The van der Waals surface area contributed by atoms with Crippen molar-refractivity contribution in [1.29, 1.82) is 0 Å². The molecule has 0 saturated heterocycles. The van der Waals surface area contributed by atoms with E-state index in [1.807, 2.05) is 0 Å². The predicted octanol–water partition coefficient (Wildman–Crippen LogP) is 1.65. The summed E-state index contributed by atoms with van der Waals surface area (Å²) < 4.78 is 4.90. The van der Waals surface area contributed by atoms with Gasteiger partial charge in [-0.3, -0.25) is 4.79 Å². The summed E-state index contributed by atoms with van der Waals surface area (Å²) in [6.45, 7) is 1.71. The molecule has 2 rings (SSSR count). The minimum Gasteiger partial charge on any atom is -0.478 e. The van der Waals surface area contributed by atoms with Gasteiger partial charge in [0.2, 0.25) is 11.8 Å². The zero-order valence-corrected chi connectivity index (χ0v) is 10.8. The van der Waals surface area contributed by atoms with Crippen LogP contribution in [-0.2, 0) is 11.2 Å². The van der Waals surface area contributed by atoms with E-state index in [9.17, 15) is 9.59 Å². The Labute approximate surface area is 114 Å². The summed E-state index contributed by atoms with van der Waals surface area (Å²) in [5, 5.41) is 15.1. The highest BCUT2D eigenvalue weighted by atomic mass is 16.5. The number of carboxylic acids is 1. The van der Waals surface area contributed by atoms with E-state index >= 15 is 0 Å². The van der Waals surface area contributed by atoms with Crippen LogP contribution >= 0.6 is 0 Å². The minimum absolute atomic E-state index is 0.171. The molecular weight excluding hydrogens is 262 g/mol. The summed E-state index contributed by atoms with van der Waals surface area (Å²) in [6, 6.07) is 5.94. The maximum atomic E-state index is 11.7. The van der Waals surface area contributed by atoms with Crippen LogP contribution in [0.1, 0.15) is 28.5 Å². The van der Waals surface area contributed by atoms with Gasteiger partial charge < -0.3 is 14.9 Å². The van der Waals surface area contributed by atoms with Gasteiger partial charge in [0, 0.05) is 18.5 Å². The van der Waals surface area contributed by atoms with E-state index in [4.69, 9.17) is 9.63 Å². The lowest BCUT2D eigenvalue weighted by atomic mass is 10.2. The Morgan fingerprint density at radius 1 is 1.30 bits per heavy atom. The fourth-order valence-electron chi connectivity index (χ4n) is 1.58. The maximum Gasteiger partial charge on any atom is 0.335 e. The van der Waals surface area contributed by atoms with Crippen molar-refractivity contribution in [3.05, 3.63) is 41.5 Å². The Bertz CT molecular complexity index is 619. The summed E-state index contributed by atoms with van der Waals surface area (Å²) in [6.07, 6.45) is 0.572. The first-order valence-corrected chi connectivity index (χ1v) is 5.97. The first-order valence-electron chi connectivity index (χ1n) is 5.97. The molecule has 7 nitrogen and oxygen atoms in total. The number of aromatic carboxylic acids is 1. The number of aryl methyl sites for hydroxylation is 2. The van der Waals surface area contributed by atoms with Crippen LogP contribution in [0.25, 0.3) is 0 Å². The smallest absolute Gasteiger partial charge is 0.335 e. The van der Waals surface area contributed by atoms with Crippen molar-refractivity contribution in [1.82, 2.24) is 10.1 Å². The highest BCUT2D eigenvalue weighted by Gasteiger charge is 2.08. The Morgan fingerprint density at radius 2 is 2.00 bits per heavy atom. The van der Waals surface area contributed by atoms with Gasteiger partial charge in [-0.1, -0.05) is 5.16 Å². The number of amides is 1. The third-order valence-corrected chi connectivity index (χ3v) is 2.55. The van der Waals surface area contributed by atoms with E-state index in [-0.39, 0.29) is 17.9 Å². The number of carbonyl (C=O) groups excluding carboxylic acids is 1. The number of hydrogen-bond acceptors (Lipinski definition) is 5. The summed E-state index contributed by atoms with van der Waals surface area (Å²) in [5.74, 6) is -0.262. The van der Waals surface area contributed by atoms with Crippen molar-refractivity contribution < 1.29 is 19.2 Å². The summed E-state index contributed by atoms with van der Waals surface area (Å²) in [7, 11) is 0. The topological polar surface area (TPSA) is 105 Å². The fraction of sp³-hybridized carbons (Fsp3) is 0.231. The number of carboxylic acid groups (broad SMARTS) is 1. The molecule has 104 valence electrons. The average Bonchev–Trinajstić information content (AvgIpc) is 2.83. The van der Waals surface area contributed by atoms with Crippen molar-refractivity contribution >= 4 is 17.6 Å². The Morgan fingerprint density at radius 3 is 2.55 bits per heavy atom. The van der Waals surface area contributed by atoms with Crippen molar-refractivity contribution in [3.63, 3.8) is 0 Å². The van der Waals surface area contributed by atoms with Gasteiger partial charge in [0.25, 0.3) is 0 Å². The second-order valence-corrected chi connectivity index (χ2v) is 4.17. The molecular formula is C13H13N3O4. The Balaban J connectivity index is 1.86. The third-order valence-electron chi connectivity index (χ3n) is 2.55. The zero-order chi connectivity index (χ0) is 14.5. The standard InChI is InChI=1S/C13H13N3O4/c1-8-14-12(20-16-8)7-6-11(17)15-10-4-2-9(3-5-10)13(18)19/h2-5H,6-7H2,1H3,(H,15,17)(H,18,19). The van der Waals surface area contributed by atoms with Crippen LogP contribution < -0.4 is 5.32 Å². The van der Waals surface area contributed by atoms with Gasteiger partial charge in [-0.15, -0.1) is 0 Å². The van der Waals surface area contributed by atoms with E-state index < -0.39 is 5.97 Å². The number of aromatic nitrogens is 2. The maximum absolute atomic E-state index is 11.7. The number of carbonyl (C=O) groups is 2. The number of benzene rings is 1. The van der Waals surface area contributed by atoms with Crippen LogP contribution in [0.2, 0.25) is 0 Å². The number of hydrogen-bond donors (Lipinski definition) is 2. The minimum atomic E-state index is -1.00. The molecule has 0 fully saturated rings. The van der Waals surface area contributed by atoms with Gasteiger partial charge in [-0.05, 0) is 31.2 Å². The SMILES string of the molecule is Cc1noc(CCC(=O)Nc2ccc(C(=O)O)cc2)n1. The van der Waals surface area contributed by atoms with Crippen LogP contribution in [-0.4, -0.2) is 27.1 Å². The van der Waals surface area contributed by atoms with Crippen molar-refractivity contribution in [2.24, 2.45) is 0 Å². The molecule has 7 heteroatoms. The second-order valence-electron chi connectivity index (χ2n) is 4.17. The summed E-state index contributed by atoms with van der Waals surface area (Å²) in [5.41, 5.74) is 0.714. The number of anilines is 1. The van der Waals surface area contributed by atoms with Crippen LogP contribution in [0.15, 0.2) is 28.8 Å². The molecule has 0 bridgehead atoms. The van der Waals surface area contributed by atoms with Crippen LogP contribution in [0.5, 0.6) is 0 Å². The van der Waals surface area contributed by atoms with Gasteiger partial charge in [0.15, 0.2) is 5.82 Å². The van der Waals surface area contributed by atoms with Gasteiger partial charge in [-0.2, -0.15) is 4.98 Å². The number of nitrogens with zero attached hydrogens (tertiary/aromatic N) is 2. The van der Waals surface area contributed by atoms with Gasteiger partial charge in [-0.25, -0.2) is 4.79 Å². The largest absolute Gasteiger partial charge is 0.478 e. The number of nitrogens with one attached hydrogen (secondary N) is 1. The van der Waals surface area contributed by atoms with Crippen LogP contribution in [0.4, 0.5) is 5.69 Å². The van der Waals surface area contributed by atoms with E-state index in [0.29, 0.717) is 23.8 Å². The van der Waals surface area contributed by atoms with Crippen molar-refractivity contribution in [2.75, 3.05) is 5.32 Å². The molecule has 1 amide bonds. The van der Waals surface area contributed by atoms with Gasteiger partial charge in [0.05, 0.1) is 5.56 Å². The first kappa shape index (κ1) is 13.7. The molecule has 1 aromatic heterocycles. The normalized spacial score (nSPS) is 10.2. The molecule has 1 aromatic carbocycles. The second kappa shape index (κ2) is 5.96. The highest BCUT2D eigenvalue weighted by molar-refractivity contribution is 5.92. The predicted molar refractivity (Wildman–Crippen MR) is 69.4 cm³/mol. The lowest BCUT2D eigenvalue weighted by Crippen LogP contribution is -2.12. The summed E-state index contributed by atoms with van der Waals surface area (Å²) in [4.78, 5) is 26.4. The lowest BCUT2D eigenvalue weighted by molar-refractivity contribution is -0.116. The molecule has 0 spiro atoms. The summed E-state index contributed by atoms with van der Waals surface area (Å²) >= 11 is 0. The molecule has 0 unspecified atom stereocenters. The molecule has 0 aliphatic rings. The average molecular weight is 275 g/mol. The Kier molecular flexibility index (Phi) is 4.09. The van der Waals surface area contributed by atoms with E-state index in [2.05, 4.69) is 15.5 Å². The van der Waals surface area contributed by atoms with Crippen molar-refractivity contribution in [3.8, 4) is 0 Å². The van der Waals surface area contributed by atoms with E-state index in [0.717, 1.165) is 0 Å². The Hall–Kier alpha value is -2.70. The highest BCUT2D eigenvalue weighted by Crippen LogP contribution is 2.10. The molecule has 0 atom stereocenters. The first-order chi connectivity index (χ1) is 9.54. The lowest BCUT2D eigenvalue weighted by Gasteiger charge is -2.04. The third kappa shape index (κ3) is 3.64. The molecule has 0 radical (unpaired) electrons. The molecule has 1 heterocycles.